The summed E-state index contributed by atoms with van der Waals surface area (Å²) >= 11 is 0. The summed E-state index contributed by atoms with van der Waals surface area (Å²) in [6.45, 7) is 1.64. The maximum atomic E-state index is 12.6. The fraction of sp³-hybridized carbons (Fsp3) is 0.136. The average Bonchev–Trinajstić information content (AvgIpc) is 2.75. The van der Waals surface area contributed by atoms with Crippen molar-refractivity contribution >= 4 is 27.3 Å². The zero-order chi connectivity index (χ0) is 21.6. The maximum Gasteiger partial charge on any atom is 0.265 e. The maximum absolute atomic E-state index is 12.6. The van der Waals surface area contributed by atoms with Gasteiger partial charge in [-0.25, -0.2) is 8.42 Å². The number of ether oxygens (including phenoxy) is 2. The molecule has 2 N–H and O–H groups in total. The van der Waals surface area contributed by atoms with Crippen LogP contribution in [0.25, 0.3) is 0 Å². The summed E-state index contributed by atoms with van der Waals surface area (Å²) in [5.41, 5.74) is 0.795. The van der Waals surface area contributed by atoms with Gasteiger partial charge in [-0.2, -0.15) is 0 Å². The molecule has 0 aliphatic heterocycles. The highest BCUT2D eigenvalue weighted by Gasteiger charge is 2.18. The molecule has 1 amide bonds. The van der Waals surface area contributed by atoms with E-state index in [1.165, 1.54) is 31.4 Å². The van der Waals surface area contributed by atoms with Crippen molar-refractivity contribution < 1.29 is 22.7 Å². The quantitative estimate of drug-likeness (QED) is 0.570. The minimum absolute atomic E-state index is 0.0555. The van der Waals surface area contributed by atoms with E-state index < -0.39 is 16.1 Å². The lowest BCUT2D eigenvalue weighted by atomic mass is 10.3. The smallest absolute Gasteiger partial charge is 0.265 e. The molecule has 3 aromatic rings. The first-order chi connectivity index (χ1) is 14.4. The van der Waals surface area contributed by atoms with E-state index in [0.717, 1.165) is 0 Å². The van der Waals surface area contributed by atoms with E-state index in [1.54, 1.807) is 43.3 Å². The lowest BCUT2D eigenvalue weighted by Crippen LogP contribution is -2.30. The highest BCUT2D eigenvalue weighted by molar-refractivity contribution is 7.92. The molecule has 0 aliphatic rings. The van der Waals surface area contributed by atoms with Crippen molar-refractivity contribution in [2.45, 2.75) is 17.9 Å². The van der Waals surface area contributed by atoms with Gasteiger partial charge < -0.3 is 14.8 Å². The number of benzene rings is 3. The van der Waals surface area contributed by atoms with E-state index >= 15 is 0 Å². The van der Waals surface area contributed by atoms with Gasteiger partial charge in [0.2, 0.25) is 0 Å². The summed E-state index contributed by atoms with van der Waals surface area (Å²) in [6, 6.07) is 21.6. The number of sulfonamides is 1. The SMILES string of the molecule is COc1ccccc1NS(=O)(=O)c1ccc(NC(=O)[C@@H](C)Oc2ccccc2)cc1. The highest BCUT2D eigenvalue weighted by Crippen LogP contribution is 2.26. The van der Waals surface area contributed by atoms with E-state index in [-0.39, 0.29) is 10.8 Å². The zero-order valence-electron chi connectivity index (χ0n) is 16.5. The lowest BCUT2D eigenvalue weighted by molar-refractivity contribution is -0.122. The molecule has 0 fully saturated rings. The number of hydrogen-bond donors (Lipinski definition) is 2. The van der Waals surface area contributed by atoms with Gasteiger partial charge in [0.05, 0.1) is 17.7 Å². The van der Waals surface area contributed by atoms with Gasteiger partial charge >= 0.3 is 0 Å². The summed E-state index contributed by atoms with van der Waals surface area (Å²) in [6.07, 6.45) is -0.719. The van der Waals surface area contributed by atoms with Crippen LogP contribution in [0.5, 0.6) is 11.5 Å². The fourth-order valence-electron chi connectivity index (χ4n) is 2.65. The van der Waals surface area contributed by atoms with E-state index in [2.05, 4.69) is 10.0 Å². The van der Waals surface area contributed by atoms with Gasteiger partial charge in [-0.15, -0.1) is 0 Å². The van der Waals surface area contributed by atoms with Crippen molar-refractivity contribution in [1.82, 2.24) is 0 Å². The Morgan fingerprint density at radius 1 is 0.900 bits per heavy atom. The van der Waals surface area contributed by atoms with E-state index in [0.29, 0.717) is 22.9 Å². The van der Waals surface area contributed by atoms with Gasteiger partial charge in [0.15, 0.2) is 6.10 Å². The van der Waals surface area contributed by atoms with Crippen LogP contribution in [-0.4, -0.2) is 27.5 Å². The van der Waals surface area contributed by atoms with Crippen LogP contribution < -0.4 is 19.5 Å². The standard InChI is InChI=1S/C22H22N2O5S/c1-16(29-18-8-4-3-5-9-18)22(25)23-17-12-14-19(15-13-17)30(26,27)24-20-10-6-7-11-21(20)28-2/h3-16,24H,1-2H3,(H,23,25)/t16-/m1/s1. The van der Waals surface area contributed by atoms with Crippen LogP contribution in [0.2, 0.25) is 0 Å². The molecule has 0 radical (unpaired) electrons. The molecule has 0 saturated heterocycles. The number of para-hydroxylation sites is 3. The molecule has 3 aromatic carbocycles. The van der Waals surface area contributed by atoms with Crippen molar-refractivity contribution in [2.75, 3.05) is 17.1 Å². The summed E-state index contributed by atoms with van der Waals surface area (Å²) in [4.78, 5) is 12.4. The van der Waals surface area contributed by atoms with Gasteiger partial charge in [-0.3, -0.25) is 9.52 Å². The minimum Gasteiger partial charge on any atom is -0.495 e. The topological polar surface area (TPSA) is 93.7 Å². The first-order valence-corrected chi connectivity index (χ1v) is 10.7. The Morgan fingerprint density at radius 2 is 1.53 bits per heavy atom. The summed E-state index contributed by atoms with van der Waals surface area (Å²) in [7, 11) is -2.35. The number of amides is 1. The molecular weight excluding hydrogens is 404 g/mol. The van der Waals surface area contributed by atoms with Crippen LogP contribution >= 0.6 is 0 Å². The number of methoxy groups -OCH3 is 1. The lowest BCUT2D eigenvalue weighted by Gasteiger charge is -2.15. The Bertz CT molecular complexity index is 1100. The average molecular weight is 426 g/mol. The van der Waals surface area contributed by atoms with Gasteiger partial charge in [-0.1, -0.05) is 30.3 Å². The van der Waals surface area contributed by atoms with Crippen LogP contribution in [-0.2, 0) is 14.8 Å². The molecule has 3 rings (SSSR count). The largest absolute Gasteiger partial charge is 0.495 e. The normalized spacial score (nSPS) is 11.9. The van der Waals surface area contributed by atoms with Gasteiger partial charge in [0, 0.05) is 5.69 Å². The Hall–Kier alpha value is -3.52. The molecule has 0 saturated carbocycles. The van der Waals surface area contributed by atoms with E-state index in [9.17, 15) is 13.2 Å². The second-order valence-corrected chi connectivity index (χ2v) is 8.07. The van der Waals surface area contributed by atoms with Crippen LogP contribution in [0.3, 0.4) is 0 Å². The van der Waals surface area contributed by atoms with Crippen molar-refractivity contribution in [3.05, 3.63) is 78.9 Å². The predicted molar refractivity (Wildman–Crippen MR) is 115 cm³/mol. The molecule has 0 aliphatic carbocycles. The van der Waals surface area contributed by atoms with Crippen LogP contribution in [0.15, 0.2) is 83.8 Å². The second kappa shape index (κ2) is 9.32. The minimum atomic E-state index is -3.82. The highest BCUT2D eigenvalue weighted by atomic mass is 32.2. The zero-order valence-corrected chi connectivity index (χ0v) is 17.3. The van der Waals surface area contributed by atoms with Crippen molar-refractivity contribution in [2.24, 2.45) is 0 Å². The number of rotatable bonds is 8. The Labute approximate surface area is 175 Å². The Kier molecular flexibility index (Phi) is 6.58. The summed E-state index contributed by atoms with van der Waals surface area (Å²) in [5, 5.41) is 2.71. The van der Waals surface area contributed by atoms with Crippen LogP contribution in [0.4, 0.5) is 11.4 Å². The molecule has 156 valence electrons. The number of nitrogens with one attached hydrogen (secondary N) is 2. The number of carbonyl (C=O) groups is 1. The van der Waals surface area contributed by atoms with E-state index in [1.807, 2.05) is 18.2 Å². The number of hydrogen-bond acceptors (Lipinski definition) is 5. The number of carbonyl (C=O) groups excluding carboxylic acids is 1. The first-order valence-electron chi connectivity index (χ1n) is 9.17. The molecular formula is C22H22N2O5S. The van der Waals surface area contributed by atoms with E-state index in [4.69, 9.17) is 9.47 Å². The summed E-state index contributed by atoms with van der Waals surface area (Å²) < 4.78 is 38.5. The van der Waals surface area contributed by atoms with Gasteiger partial charge in [0.1, 0.15) is 11.5 Å². The Balaban J connectivity index is 1.66. The number of anilines is 2. The molecule has 0 spiro atoms. The van der Waals surface area contributed by atoms with Gasteiger partial charge in [0.25, 0.3) is 15.9 Å². The molecule has 0 bridgehead atoms. The predicted octanol–water partition coefficient (Wildman–Crippen LogP) is 3.90. The molecule has 30 heavy (non-hydrogen) atoms. The fourth-order valence-corrected chi connectivity index (χ4v) is 3.72. The monoisotopic (exact) mass is 426 g/mol. The second-order valence-electron chi connectivity index (χ2n) is 6.39. The van der Waals surface area contributed by atoms with Crippen LogP contribution in [0, 0.1) is 0 Å². The summed E-state index contributed by atoms with van der Waals surface area (Å²) in [5.74, 6) is 0.656. The molecule has 0 heterocycles. The van der Waals surface area contributed by atoms with Crippen molar-refractivity contribution in [1.29, 1.82) is 0 Å². The molecule has 8 heteroatoms. The molecule has 7 nitrogen and oxygen atoms in total. The molecule has 0 aromatic heterocycles. The van der Waals surface area contributed by atoms with Crippen LogP contribution in [0.1, 0.15) is 6.92 Å². The first kappa shape index (κ1) is 21.2. The van der Waals surface area contributed by atoms with Crippen molar-refractivity contribution in [3.8, 4) is 11.5 Å². The third-order valence-corrected chi connectivity index (χ3v) is 5.59. The van der Waals surface area contributed by atoms with Gasteiger partial charge in [-0.05, 0) is 55.5 Å². The molecule has 1 atom stereocenters. The van der Waals surface area contributed by atoms with Crippen molar-refractivity contribution in [3.63, 3.8) is 0 Å². The molecule has 0 unspecified atom stereocenters. The Morgan fingerprint density at radius 3 is 2.20 bits per heavy atom. The third kappa shape index (κ3) is 5.30. The third-order valence-electron chi connectivity index (χ3n) is 4.21.